The topological polar surface area (TPSA) is 55.8 Å². The average Bonchev–Trinajstić information content (AvgIpc) is 3.34. The van der Waals surface area contributed by atoms with Gasteiger partial charge < -0.3 is 15.5 Å². The van der Waals surface area contributed by atoms with E-state index in [1.807, 2.05) is 24.6 Å². The number of likely N-dealkylation sites (tertiary alicyclic amines) is 1. The van der Waals surface area contributed by atoms with Crippen LogP contribution in [0.15, 0.2) is 40.8 Å². The third kappa shape index (κ3) is 6.57. The summed E-state index contributed by atoms with van der Waals surface area (Å²) >= 11 is 1.87. The lowest BCUT2D eigenvalue weighted by Gasteiger charge is -2.39. The monoisotopic (exact) mass is 568 g/mol. The summed E-state index contributed by atoms with van der Waals surface area (Å²) in [6, 6.07) is 9.25. The van der Waals surface area contributed by atoms with Crippen molar-refractivity contribution in [1.82, 2.24) is 20.5 Å². The minimum atomic E-state index is 0. The quantitative estimate of drug-likeness (QED) is 0.306. The third-order valence-corrected chi connectivity index (χ3v) is 7.49. The molecule has 4 heterocycles. The first-order chi connectivity index (χ1) is 15.2. The van der Waals surface area contributed by atoms with Gasteiger partial charge >= 0.3 is 0 Å². The Hall–Kier alpha value is -1.39. The fourth-order valence-electron chi connectivity index (χ4n) is 4.88. The van der Waals surface area contributed by atoms with E-state index in [-0.39, 0.29) is 24.0 Å². The van der Waals surface area contributed by atoms with Crippen molar-refractivity contribution in [3.8, 4) is 0 Å². The molecule has 2 saturated heterocycles. The predicted molar refractivity (Wildman–Crippen MR) is 146 cm³/mol. The highest BCUT2D eigenvalue weighted by Crippen LogP contribution is 2.36. The Kier molecular flexibility index (Phi) is 10.1. The minimum Gasteiger partial charge on any atom is -0.357 e. The number of nitrogens with zero attached hydrogens (tertiary/aromatic N) is 4. The van der Waals surface area contributed by atoms with E-state index in [0.29, 0.717) is 12.0 Å². The molecule has 2 aliphatic rings. The molecule has 0 radical (unpaired) electrons. The summed E-state index contributed by atoms with van der Waals surface area (Å²) in [5.74, 6) is 2.56. The van der Waals surface area contributed by atoms with Gasteiger partial charge in [0.05, 0.1) is 0 Å². The lowest BCUT2D eigenvalue weighted by Crippen LogP contribution is -2.44. The summed E-state index contributed by atoms with van der Waals surface area (Å²) in [7, 11) is 4.11. The van der Waals surface area contributed by atoms with Crippen LogP contribution in [0.1, 0.15) is 48.6 Å². The molecule has 0 aliphatic carbocycles. The summed E-state index contributed by atoms with van der Waals surface area (Å²) in [4.78, 5) is 15.4. The molecule has 0 aromatic carbocycles. The van der Waals surface area contributed by atoms with Crippen LogP contribution in [0.5, 0.6) is 0 Å². The first-order valence-electron chi connectivity index (χ1n) is 11.6. The summed E-state index contributed by atoms with van der Waals surface area (Å²) in [6.45, 7) is 5.10. The van der Waals surface area contributed by atoms with Crippen LogP contribution in [0, 0.1) is 5.92 Å². The summed E-state index contributed by atoms with van der Waals surface area (Å²) < 4.78 is 0. The van der Waals surface area contributed by atoms with Gasteiger partial charge in [-0.05, 0) is 80.8 Å². The first kappa shape index (κ1) is 25.2. The molecule has 2 unspecified atom stereocenters. The maximum atomic E-state index is 4.60. The molecule has 2 N–H and O–H groups in total. The molecular formula is C24H37IN6S. The molecule has 2 aromatic heterocycles. The number of aliphatic imine (C=N–C) groups is 1. The first-order valence-corrected chi connectivity index (χ1v) is 12.5. The minimum absolute atomic E-state index is 0. The maximum Gasteiger partial charge on any atom is 0.191 e. The molecule has 2 fully saturated rings. The van der Waals surface area contributed by atoms with Crippen molar-refractivity contribution in [1.29, 1.82) is 0 Å². The van der Waals surface area contributed by atoms with Crippen LogP contribution >= 0.6 is 35.3 Å². The molecule has 0 amide bonds. The van der Waals surface area contributed by atoms with Gasteiger partial charge in [0.25, 0.3) is 0 Å². The summed E-state index contributed by atoms with van der Waals surface area (Å²) in [5.41, 5.74) is 1.24. The number of hydrogen-bond donors (Lipinski definition) is 2. The van der Waals surface area contributed by atoms with E-state index in [4.69, 9.17) is 0 Å². The lowest BCUT2D eigenvalue weighted by atomic mass is 9.88. The number of nitrogens with one attached hydrogen (secondary N) is 2. The number of halogens is 1. The normalized spacial score (nSPS) is 22.3. The van der Waals surface area contributed by atoms with E-state index in [2.05, 4.69) is 67.1 Å². The Bertz CT molecular complexity index is 837. The molecular weight excluding hydrogens is 531 g/mol. The zero-order chi connectivity index (χ0) is 21.5. The van der Waals surface area contributed by atoms with Gasteiger partial charge in [0, 0.05) is 50.3 Å². The fraction of sp³-hybridized carbons (Fsp3) is 0.583. The fourth-order valence-corrected chi connectivity index (χ4v) is 5.87. The largest absolute Gasteiger partial charge is 0.357 e. The van der Waals surface area contributed by atoms with Gasteiger partial charge in [-0.25, -0.2) is 4.98 Å². The van der Waals surface area contributed by atoms with Gasteiger partial charge in [-0.1, -0.05) is 6.07 Å². The smallest absolute Gasteiger partial charge is 0.191 e. The second-order valence-corrected chi connectivity index (χ2v) is 9.70. The molecule has 0 bridgehead atoms. The highest BCUT2D eigenvalue weighted by Gasteiger charge is 2.31. The maximum absolute atomic E-state index is 4.60. The molecule has 176 valence electrons. The molecule has 4 rings (SSSR count). The van der Waals surface area contributed by atoms with Crippen LogP contribution in [-0.2, 0) is 6.54 Å². The van der Waals surface area contributed by atoms with E-state index in [0.717, 1.165) is 38.0 Å². The van der Waals surface area contributed by atoms with Gasteiger partial charge in [0.2, 0.25) is 0 Å². The lowest BCUT2D eigenvalue weighted by molar-refractivity contribution is 0.125. The van der Waals surface area contributed by atoms with Gasteiger partial charge in [-0.15, -0.1) is 35.3 Å². The SMILES string of the molecule is CN=C(NCc1ccnc(N2CCCCC2)c1)NCC1CCCN(C)C1c1cccs1.I. The van der Waals surface area contributed by atoms with Crippen LogP contribution in [0.3, 0.4) is 0 Å². The third-order valence-electron chi connectivity index (χ3n) is 6.55. The molecule has 6 nitrogen and oxygen atoms in total. The number of thiophene rings is 1. The molecule has 8 heteroatoms. The molecule has 32 heavy (non-hydrogen) atoms. The Balaban J connectivity index is 0.00000289. The van der Waals surface area contributed by atoms with Crippen molar-refractivity contribution in [3.63, 3.8) is 0 Å². The Morgan fingerprint density at radius 2 is 2.00 bits per heavy atom. The zero-order valence-electron chi connectivity index (χ0n) is 19.3. The average molecular weight is 569 g/mol. The Labute approximate surface area is 213 Å². The molecule has 2 aliphatic heterocycles. The van der Waals surface area contributed by atoms with Crippen LogP contribution in [0.2, 0.25) is 0 Å². The molecule has 2 aromatic rings. The van der Waals surface area contributed by atoms with Crippen LogP contribution in [0.25, 0.3) is 0 Å². The molecule has 0 saturated carbocycles. The number of hydrogen-bond acceptors (Lipinski definition) is 5. The van der Waals surface area contributed by atoms with Crippen molar-refractivity contribution in [2.45, 2.75) is 44.7 Å². The van der Waals surface area contributed by atoms with Crippen molar-refractivity contribution >= 4 is 47.1 Å². The second-order valence-electron chi connectivity index (χ2n) is 8.72. The number of anilines is 1. The van der Waals surface area contributed by atoms with Gasteiger partial charge in [0.1, 0.15) is 5.82 Å². The van der Waals surface area contributed by atoms with Crippen LogP contribution in [0.4, 0.5) is 5.82 Å². The Morgan fingerprint density at radius 3 is 2.75 bits per heavy atom. The van der Waals surface area contributed by atoms with Crippen LogP contribution < -0.4 is 15.5 Å². The second kappa shape index (κ2) is 12.7. The number of pyridine rings is 1. The number of rotatable bonds is 6. The number of aromatic nitrogens is 1. The van der Waals surface area contributed by atoms with Gasteiger partial charge in [0.15, 0.2) is 5.96 Å². The van der Waals surface area contributed by atoms with Crippen molar-refractivity contribution in [2.24, 2.45) is 10.9 Å². The number of guanidine groups is 1. The predicted octanol–water partition coefficient (Wildman–Crippen LogP) is 4.50. The highest BCUT2D eigenvalue weighted by atomic mass is 127. The highest BCUT2D eigenvalue weighted by molar-refractivity contribution is 14.0. The van der Waals surface area contributed by atoms with E-state index in [1.165, 1.54) is 49.1 Å². The Morgan fingerprint density at radius 1 is 1.16 bits per heavy atom. The number of piperidine rings is 2. The van der Waals surface area contributed by atoms with Gasteiger partial charge in [-0.2, -0.15) is 0 Å². The van der Waals surface area contributed by atoms with E-state index in [9.17, 15) is 0 Å². The summed E-state index contributed by atoms with van der Waals surface area (Å²) in [6.07, 6.45) is 8.31. The van der Waals surface area contributed by atoms with Crippen molar-refractivity contribution in [3.05, 3.63) is 46.3 Å². The van der Waals surface area contributed by atoms with Crippen molar-refractivity contribution in [2.75, 3.05) is 45.2 Å². The standard InChI is InChI=1S/C24H36N6S.HI/c1-25-24(27-17-19-10-11-26-22(16-19)30-13-4-3-5-14-30)28-18-20-8-6-12-29(2)23(20)21-9-7-15-31-21;/h7,9-11,15-16,20,23H,3-6,8,12-14,17-18H2,1-2H3,(H2,25,27,28);1H. The zero-order valence-corrected chi connectivity index (χ0v) is 22.4. The van der Waals surface area contributed by atoms with Gasteiger partial charge in [-0.3, -0.25) is 9.89 Å². The van der Waals surface area contributed by atoms with E-state index in [1.54, 1.807) is 0 Å². The van der Waals surface area contributed by atoms with E-state index >= 15 is 0 Å². The molecule has 0 spiro atoms. The summed E-state index contributed by atoms with van der Waals surface area (Å²) in [5, 5.41) is 9.28. The van der Waals surface area contributed by atoms with Crippen molar-refractivity contribution < 1.29 is 0 Å². The molecule has 2 atom stereocenters. The van der Waals surface area contributed by atoms with Crippen LogP contribution in [-0.4, -0.2) is 56.1 Å². The van der Waals surface area contributed by atoms with E-state index < -0.39 is 0 Å².